The van der Waals surface area contributed by atoms with E-state index in [2.05, 4.69) is 28.1 Å². The molecule has 1 fully saturated rings. The Morgan fingerprint density at radius 1 is 1.44 bits per heavy atom. The van der Waals surface area contributed by atoms with Crippen molar-refractivity contribution < 1.29 is 9.32 Å². The van der Waals surface area contributed by atoms with E-state index in [4.69, 9.17) is 4.52 Å². The van der Waals surface area contributed by atoms with Gasteiger partial charge >= 0.3 is 0 Å². The number of carbonyl (C=O) groups is 1. The van der Waals surface area contributed by atoms with Crippen molar-refractivity contribution in [3.8, 4) is 0 Å². The van der Waals surface area contributed by atoms with Crippen LogP contribution in [0.25, 0.3) is 10.9 Å². The van der Waals surface area contributed by atoms with E-state index in [0.717, 1.165) is 42.3 Å². The molecule has 0 unspecified atom stereocenters. The number of fused-ring (bicyclic) bond motifs is 1. The molecule has 0 radical (unpaired) electrons. The third-order valence-electron chi connectivity index (χ3n) is 5.03. The number of aromatic amines is 1. The van der Waals surface area contributed by atoms with E-state index in [1.54, 1.807) is 6.92 Å². The summed E-state index contributed by atoms with van der Waals surface area (Å²) in [7, 11) is 0. The van der Waals surface area contributed by atoms with Gasteiger partial charge in [0.25, 0.3) is 5.91 Å². The van der Waals surface area contributed by atoms with Gasteiger partial charge in [0.1, 0.15) is 0 Å². The number of amides is 1. The Morgan fingerprint density at radius 2 is 2.32 bits per heavy atom. The number of hydrogen-bond donors (Lipinski definition) is 1. The standard InChI is InChI=1S/C19H22N4O2/c1-3-13-6-4-8-15-16(10-20-17(13)15)19(24)23-9-5-7-14(11-23)18-21-12(2)25-22-18/h4,6,8,10,14,20H,3,5,7,9,11H2,1-2H3/t14-/m1/s1. The molecule has 25 heavy (non-hydrogen) atoms. The lowest BCUT2D eigenvalue weighted by Gasteiger charge is -2.31. The summed E-state index contributed by atoms with van der Waals surface area (Å²) in [6, 6.07) is 6.14. The van der Waals surface area contributed by atoms with E-state index in [1.807, 2.05) is 23.2 Å². The highest BCUT2D eigenvalue weighted by molar-refractivity contribution is 6.07. The average Bonchev–Trinajstić information content (AvgIpc) is 3.27. The van der Waals surface area contributed by atoms with Crippen LogP contribution in [-0.2, 0) is 6.42 Å². The third-order valence-corrected chi connectivity index (χ3v) is 5.03. The quantitative estimate of drug-likeness (QED) is 0.794. The summed E-state index contributed by atoms with van der Waals surface area (Å²) in [6.45, 7) is 5.32. The first kappa shape index (κ1) is 15.9. The van der Waals surface area contributed by atoms with Crippen LogP contribution in [0, 0.1) is 6.92 Å². The number of aryl methyl sites for hydroxylation is 2. The van der Waals surface area contributed by atoms with Crippen molar-refractivity contribution >= 4 is 16.8 Å². The summed E-state index contributed by atoms with van der Waals surface area (Å²) in [5.74, 6) is 1.50. The number of nitrogens with one attached hydrogen (secondary N) is 1. The van der Waals surface area contributed by atoms with Crippen LogP contribution in [-0.4, -0.2) is 39.0 Å². The lowest BCUT2D eigenvalue weighted by Crippen LogP contribution is -2.39. The lowest BCUT2D eigenvalue weighted by molar-refractivity contribution is 0.0705. The molecule has 0 spiro atoms. The zero-order valence-electron chi connectivity index (χ0n) is 14.6. The highest BCUT2D eigenvalue weighted by Gasteiger charge is 2.29. The molecular weight excluding hydrogens is 316 g/mol. The van der Waals surface area contributed by atoms with E-state index in [-0.39, 0.29) is 11.8 Å². The molecule has 0 bridgehead atoms. The van der Waals surface area contributed by atoms with E-state index in [9.17, 15) is 4.79 Å². The van der Waals surface area contributed by atoms with Crippen molar-refractivity contribution in [1.82, 2.24) is 20.0 Å². The first-order valence-corrected chi connectivity index (χ1v) is 8.85. The number of likely N-dealkylation sites (tertiary alicyclic amines) is 1. The summed E-state index contributed by atoms with van der Waals surface area (Å²) in [6.07, 6.45) is 4.71. The van der Waals surface area contributed by atoms with Crippen LogP contribution >= 0.6 is 0 Å². The van der Waals surface area contributed by atoms with Crippen LogP contribution < -0.4 is 0 Å². The topological polar surface area (TPSA) is 75.0 Å². The minimum absolute atomic E-state index is 0.0735. The Hall–Kier alpha value is -2.63. The molecule has 6 nitrogen and oxygen atoms in total. The molecule has 3 aromatic rings. The number of rotatable bonds is 3. The summed E-state index contributed by atoms with van der Waals surface area (Å²) >= 11 is 0. The van der Waals surface area contributed by atoms with Crippen LogP contribution in [0.15, 0.2) is 28.9 Å². The van der Waals surface area contributed by atoms with Crippen molar-refractivity contribution in [3.63, 3.8) is 0 Å². The van der Waals surface area contributed by atoms with E-state index in [0.29, 0.717) is 18.3 Å². The zero-order valence-corrected chi connectivity index (χ0v) is 14.6. The Morgan fingerprint density at radius 3 is 3.08 bits per heavy atom. The maximum absolute atomic E-state index is 13.1. The lowest BCUT2D eigenvalue weighted by atomic mass is 9.96. The van der Waals surface area contributed by atoms with Gasteiger partial charge in [0.2, 0.25) is 5.89 Å². The Bertz CT molecular complexity index is 911. The molecule has 1 atom stereocenters. The molecular formula is C19H22N4O2. The van der Waals surface area contributed by atoms with E-state index in [1.165, 1.54) is 5.56 Å². The second-order valence-electron chi connectivity index (χ2n) is 6.66. The van der Waals surface area contributed by atoms with E-state index < -0.39 is 0 Å². The predicted octanol–water partition coefficient (Wildman–Crippen LogP) is 3.44. The number of benzene rings is 1. The SMILES string of the molecule is CCc1cccc2c(C(=O)N3CCC[C@@H](c4noc(C)n4)C3)c[nH]c12. The number of piperidine rings is 1. The van der Waals surface area contributed by atoms with Gasteiger partial charge in [-0.05, 0) is 24.8 Å². The fraction of sp³-hybridized carbons (Fsp3) is 0.421. The highest BCUT2D eigenvalue weighted by atomic mass is 16.5. The monoisotopic (exact) mass is 338 g/mol. The molecule has 0 aliphatic carbocycles. The van der Waals surface area contributed by atoms with Crippen molar-refractivity contribution in [1.29, 1.82) is 0 Å². The van der Waals surface area contributed by atoms with Gasteiger partial charge in [-0.3, -0.25) is 4.79 Å². The molecule has 6 heteroatoms. The average molecular weight is 338 g/mol. The van der Waals surface area contributed by atoms with Gasteiger partial charge in [0, 0.05) is 43.0 Å². The summed E-state index contributed by atoms with van der Waals surface area (Å²) in [5, 5.41) is 5.04. The molecule has 1 aliphatic rings. The van der Waals surface area contributed by atoms with Crippen LogP contribution in [0.1, 0.15) is 53.3 Å². The van der Waals surface area contributed by atoms with Gasteiger partial charge in [-0.1, -0.05) is 30.3 Å². The largest absolute Gasteiger partial charge is 0.360 e. The van der Waals surface area contributed by atoms with Gasteiger partial charge in [0.15, 0.2) is 5.82 Å². The molecule has 1 amide bonds. The molecule has 1 aromatic carbocycles. The maximum atomic E-state index is 13.1. The fourth-order valence-corrected chi connectivity index (χ4v) is 3.71. The minimum Gasteiger partial charge on any atom is -0.360 e. The zero-order chi connectivity index (χ0) is 17.4. The van der Waals surface area contributed by atoms with Gasteiger partial charge in [-0.15, -0.1) is 0 Å². The number of hydrogen-bond acceptors (Lipinski definition) is 4. The number of nitrogens with zero attached hydrogens (tertiary/aromatic N) is 3. The van der Waals surface area contributed by atoms with Gasteiger partial charge in [0.05, 0.1) is 5.56 Å². The summed E-state index contributed by atoms with van der Waals surface area (Å²) in [4.78, 5) is 22.6. The second-order valence-corrected chi connectivity index (χ2v) is 6.66. The van der Waals surface area contributed by atoms with Gasteiger partial charge < -0.3 is 14.4 Å². The summed E-state index contributed by atoms with van der Waals surface area (Å²) in [5.41, 5.74) is 3.04. The third kappa shape index (κ3) is 2.81. The van der Waals surface area contributed by atoms with Crippen LogP contribution in [0.4, 0.5) is 0 Å². The molecule has 3 heterocycles. The first-order chi connectivity index (χ1) is 12.2. The van der Waals surface area contributed by atoms with Crippen molar-refractivity contribution in [2.45, 2.75) is 39.0 Å². The number of para-hydroxylation sites is 1. The number of carbonyl (C=O) groups excluding carboxylic acids is 1. The molecule has 1 saturated heterocycles. The molecule has 130 valence electrons. The smallest absolute Gasteiger partial charge is 0.256 e. The molecule has 4 rings (SSSR count). The Balaban J connectivity index is 1.60. The van der Waals surface area contributed by atoms with Crippen LogP contribution in [0.5, 0.6) is 0 Å². The molecule has 1 N–H and O–H groups in total. The van der Waals surface area contributed by atoms with E-state index >= 15 is 0 Å². The van der Waals surface area contributed by atoms with Gasteiger partial charge in [-0.25, -0.2) is 0 Å². The minimum atomic E-state index is 0.0735. The normalized spacial score (nSPS) is 18.0. The molecule has 0 saturated carbocycles. The fourth-order valence-electron chi connectivity index (χ4n) is 3.71. The predicted molar refractivity (Wildman–Crippen MR) is 94.6 cm³/mol. The number of aromatic nitrogens is 3. The second kappa shape index (κ2) is 6.35. The first-order valence-electron chi connectivity index (χ1n) is 8.85. The molecule has 2 aromatic heterocycles. The maximum Gasteiger partial charge on any atom is 0.256 e. The summed E-state index contributed by atoms with van der Waals surface area (Å²) < 4.78 is 5.10. The van der Waals surface area contributed by atoms with Crippen LogP contribution in [0.3, 0.4) is 0 Å². The van der Waals surface area contributed by atoms with Crippen LogP contribution in [0.2, 0.25) is 0 Å². The van der Waals surface area contributed by atoms with Crippen molar-refractivity contribution in [3.05, 3.63) is 47.2 Å². The van der Waals surface area contributed by atoms with Crippen molar-refractivity contribution in [2.24, 2.45) is 0 Å². The highest BCUT2D eigenvalue weighted by Crippen LogP contribution is 2.28. The van der Waals surface area contributed by atoms with Crippen molar-refractivity contribution in [2.75, 3.05) is 13.1 Å². The Kier molecular flexibility index (Phi) is 4.03. The Labute approximate surface area is 146 Å². The molecule has 1 aliphatic heterocycles. The van der Waals surface area contributed by atoms with Gasteiger partial charge in [-0.2, -0.15) is 4.98 Å². The number of H-pyrrole nitrogens is 1.